The molecular formula is C15H17N3O3S. The molecule has 0 saturated carbocycles. The van der Waals surface area contributed by atoms with Crippen molar-refractivity contribution in [3.63, 3.8) is 0 Å². The van der Waals surface area contributed by atoms with Crippen molar-refractivity contribution in [2.45, 2.75) is 32.2 Å². The predicted molar refractivity (Wildman–Crippen MR) is 84.4 cm³/mol. The number of anilines is 1. The summed E-state index contributed by atoms with van der Waals surface area (Å²) in [5.41, 5.74) is 1.43. The summed E-state index contributed by atoms with van der Waals surface area (Å²) in [6.45, 7) is 6.03. The Morgan fingerprint density at radius 2 is 2.09 bits per heavy atom. The molecule has 2 aromatic heterocycles. The van der Waals surface area contributed by atoms with Gasteiger partial charge in [-0.05, 0) is 32.9 Å². The van der Waals surface area contributed by atoms with Crippen LogP contribution in [0.15, 0.2) is 39.8 Å². The summed E-state index contributed by atoms with van der Waals surface area (Å²) in [5.74, 6) is 0.733. The minimum Gasteiger partial charge on any atom is -0.459 e. The largest absolute Gasteiger partial charge is 0.459 e. The smallest absolute Gasteiger partial charge is 0.265 e. The number of nitrogens with one attached hydrogen (secondary N) is 1. The number of para-hydroxylation sites is 1. The standard InChI is InChI=1S/C15H17N3O3S/c1-4-18-9-14(11(3)16-18)22(19,20)17-13-7-5-6-12-8-10(2)21-15(12)13/h5-9,17H,4H2,1-3H3. The van der Waals surface area contributed by atoms with E-state index in [1.165, 1.54) is 6.20 Å². The van der Waals surface area contributed by atoms with Crippen molar-refractivity contribution >= 4 is 26.7 Å². The lowest BCUT2D eigenvalue weighted by molar-refractivity contribution is 0.578. The number of benzene rings is 1. The fraction of sp³-hybridized carbons (Fsp3) is 0.267. The van der Waals surface area contributed by atoms with Gasteiger partial charge in [0.2, 0.25) is 0 Å². The molecule has 3 rings (SSSR count). The highest BCUT2D eigenvalue weighted by Gasteiger charge is 2.21. The molecule has 1 N–H and O–H groups in total. The summed E-state index contributed by atoms with van der Waals surface area (Å²) in [6.07, 6.45) is 1.53. The van der Waals surface area contributed by atoms with Gasteiger partial charge in [-0.2, -0.15) is 5.10 Å². The predicted octanol–water partition coefficient (Wildman–Crippen LogP) is 3.07. The average Bonchev–Trinajstić information content (AvgIpc) is 3.01. The van der Waals surface area contributed by atoms with Gasteiger partial charge < -0.3 is 4.42 Å². The van der Waals surface area contributed by atoms with E-state index in [9.17, 15) is 8.42 Å². The van der Waals surface area contributed by atoms with Crippen LogP contribution in [-0.4, -0.2) is 18.2 Å². The summed E-state index contributed by atoms with van der Waals surface area (Å²) < 4.78 is 35.0. The number of sulfonamides is 1. The Labute approximate surface area is 128 Å². The Morgan fingerprint density at radius 1 is 1.32 bits per heavy atom. The van der Waals surface area contributed by atoms with Gasteiger partial charge in [-0.15, -0.1) is 0 Å². The summed E-state index contributed by atoms with van der Waals surface area (Å²) in [7, 11) is -3.71. The van der Waals surface area contributed by atoms with Crippen molar-refractivity contribution in [3.05, 3.63) is 41.9 Å². The normalized spacial score (nSPS) is 12.0. The second-order valence-electron chi connectivity index (χ2n) is 5.12. The van der Waals surface area contributed by atoms with Crippen LogP contribution in [0.5, 0.6) is 0 Å². The molecule has 3 aromatic rings. The molecule has 0 unspecified atom stereocenters. The minimum absolute atomic E-state index is 0.176. The molecule has 0 bridgehead atoms. The van der Waals surface area contributed by atoms with Gasteiger partial charge >= 0.3 is 0 Å². The Hall–Kier alpha value is -2.28. The molecule has 0 saturated heterocycles. The topological polar surface area (TPSA) is 77.1 Å². The third kappa shape index (κ3) is 2.48. The fourth-order valence-electron chi connectivity index (χ4n) is 2.40. The molecule has 0 radical (unpaired) electrons. The van der Waals surface area contributed by atoms with Crippen LogP contribution in [0, 0.1) is 13.8 Å². The molecule has 0 amide bonds. The third-order valence-corrected chi connectivity index (χ3v) is 4.89. The van der Waals surface area contributed by atoms with Crippen LogP contribution in [-0.2, 0) is 16.6 Å². The summed E-state index contributed by atoms with van der Waals surface area (Å²) in [6, 6.07) is 7.22. The molecular weight excluding hydrogens is 302 g/mol. The Morgan fingerprint density at radius 3 is 2.77 bits per heavy atom. The van der Waals surface area contributed by atoms with Crippen molar-refractivity contribution in [2.75, 3.05) is 4.72 Å². The number of aryl methyl sites for hydroxylation is 3. The Kier molecular flexibility index (Phi) is 3.44. The van der Waals surface area contributed by atoms with Gasteiger partial charge in [-0.1, -0.05) is 12.1 Å². The first kappa shape index (κ1) is 14.6. The molecule has 0 atom stereocenters. The molecule has 1 aromatic carbocycles. The second-order valence-corrected chi connectivity index (χ2v) is 6.77. The van der Waals surface area contributed by atoms with Gasteiger partial charge in [-0.25, -0.2) is 8.42 Å². The minimum atomic E-state index is -3.71. The molecule has 0 spiro atoms. The number of rotatable bonds is 4. The SMILES string of the molecule is CCn1cc(S(=O)(=O)Nc2cccc3cc(C)oc23)c(C)n1. The lowest BCUT2D eigenvalue weighted by atomic mass is 10.2. The van der Waals surface area contributed by atoms with Crippen molar-refractivity contribution in [2.24, 2.45) is 0 Å². The van der Waals surface area contributed by atoms with Crippen LogP contribution in [0.1, 0.15) is 18.4 Å². The third-order valence-electron chi connectivity index (χ3n) is 3.43. The molecule has 116 valence electrons. The maximum absolute atomic E-state index is 12.6. The van der Waals surface area contributed by atoms with E-state index in [1.54, 1.807) is 23.7 Å². The van der Waals surface area contributed by atoms with Crippen LogP contribution in [0.4, 0.5) is 5.69 Å². The second kappa shape index (κ2) is 5.17. The zero-order chi connectivity index (χ0) is 15.9. The van der Waals surface area contributed by atoms with Crippen molar-refractivity contribution in [3.8, 4) is 0 Å². The van der Waals surface area contributed by atoms with E-state index in [2.05, 4.69) is 9.82 Å². The molecule has 22 heavy (non-hydrogen) atoms. The number of aromatic nitrogens is 2. The first-order chi connectivity index (χ1) is 10.4. The average molecular weight is 319 g/mol. The van der Waals surface area contributed by atoms with Crippen LogP contribution in [0.25, 0.3) is 11.0 Å². The number of hydrogen-bond donors (Lipinski definition) is 1. The summed E-state index contributed by atoms with van der Waals surface area (Å²) in [5, 5.41) is 5.04. The van der Waals surface area contributed by atoms with Gasteiger partial charge in [0.1, 0.15) is 10.7 Å². The van der Waals surface area contributed by atoms with E-state index < -0.39 is 10.0 Å². The van der Waals surface area contributed by atoms with E-state index in [0.717, 1.165) is 11.1 Å². The first-order valence-corrected chi connectivity index (χ1v) is 8.45. The van der Waals surface area contributed by atoms with Crippen LogP contribution < -0.4 is 4.72 Å². The molecule has 6 nitrogen and oxygen atoms in total. The zero-order valence-corrected chi connectivity index (χ0v) is 13.4. The van der Waals surface area contributed by atoms with Crippen LogP contribution in [0.2, 0.25) is 0 Å². The van der Waals surface area contributed by atoms with Crippen molar-refractivity contribution in [1.82, 2.24) is 9.78 Å². The quantitative estimate of drug-likeness (QED) is 0.801. The maximum atomic E-state index is 12.6. The van der Waals surface area contributed by atoms with E-state index in [0.29, 0.717) is 23.5 Å². The fourth-order valence-corrected chi connectivity index (χ4v) is 3.65. The van der Waals surface area contributed by atoms with Crippen LogP contribution in [0.3, 0.4) is 0 Å². The van der Waals surface area contributed by atoms with Gasteiger partial charge in [0.05, 0.1) is 11.4 Å². The number of furan rings is 1. The summed E-state index contributed by atoms with van der Waals surface area (Å²) >= 11 is 0. The molecule has 7 heteroatoms. The molecule has 0 aliphatic rings. The Balaban J connectivity index is 2.04. The van der Waals surface area contributed by atoms with Gasteiger partial charge in [0.25, 0.3) is 10.0 Å². The summed E-state index contributed by atoms with van der Waals surface area (Å²) in [4.78, 5) is 0.176. The lowest BCUT2D eigenvalue weighted by Crippen LogP contribution is -2.13. The zero-order valence-electron chi connectivity index (χ0n) is 12.6. The van der Waals surface area contributed by atoms with Gasteiger partial charge in [0, 0.05) is 18.1 Å². The van der Waals surface area contributed by atoms with Crippen LogP contribution >= 0.6 is 0 Å². The van der Waals surface area contributed by atoms with E-state index in [1.807, 2.05) is 26.0 Å². The Bertz CT molecular complexity index is 938. The highest BCUT2D eigenvalue weighted by atomic mass is 32.2. The van der Waals surface area contributed by atoms with E-state index in [4.69, 9.17) is 4.42 Å². The molecule has 0 aliphatic carbocycles. The highest BCUT2D eigenvalue weighted by molar-refractivity contribution is 7.92. The highest BCUT2D eigenvalue weighted by Crippen LogP contribution is 2.28. The number of fused-ring (bicyclic) bond motifs is 1. The maximum Gasteiger partial charge on any atom is 0.265 e. The van der Waals surface area contributed by atoms with Crippen molar-refractivity contribution < 1.29 is 12.8 Å². The molecule has 0 aliphatic heterocycles. The van der Waals surface area contributed by atoms with E-state index >= 15 is 0 Å². The molecule has 0 fully saturated rings. The van der Waals surface area contributed by atoms with Gasteiger partial charge in [0.15, 0.2) is 5.58 Å². The number of hydrogen-bond acceptors (Lipinski definition) is 4. The van der Waals surface area contributed by atoms with E-state index in [-0.39, 0.29) is 4.90 Å². The number of nitrogens with zero attached hydrogens (tertiary/aromatic N) is 2. The van der Waals surface area contributed by atoms with Gasteiger partial charge in [-0.3, -0.25) is 9.40 Å². The molecule has 2 heterocycles. The first-order valence-electron chi connectivity index (χ1n) is 6.97. The lowest BCUT2D eigenvalue weighted by Gasteiger charge is -2.07. The van der Waals surface area contributed by atoms with Crippen molar-refractivity contribution in [1.29, 1.82) is 0 Å². The monoisotopic (exact) mass is 319 g/mol.